The summed E-state index contributed by atoms with van der Waals surface area (Å²) in [5.74, 6) is 2.04. The zero-order valence-electron chi connectivity index (χ0n) is 14.9. The molecule has 5 rings (SSSR count). The number of pyridine rings is 1. The van der Waals surface area contributed by atoms with Crippen LogP contribution in [0.3, 0.4) is 0 Å². The molecule has 0 radical (unpaired) electrons. The average molecular weight is 367 g/mol. The van der Waals surface area contributed by atoms with E-state index in [9.17, 15) is 4.79 Å². The first-order valence-electron chi connectivity index (χ1n) is 9.24. The number of carbonyl (C=O) groups excluding carboxylic acids is 1. The summed E-state index contributed by atoms with van der Waals surface area (Å²) in [6.07, 6.45) is 5.61. The van der Waals surface area contributed by atoms with Crippen molar-refractivity contribution < 1.29 is 9.53 Å². The Morgan fingerprint density at radius 3 is 2.85 bits per heavy atom. The van der Waals surface area contributed by atoms with E-state index in [2.05, 4.69) is 31.2 Å². The maximum absolute atomic E-state index is 13.1. The molecule has 2 fully saturated rings. The summed E-state index contributed by atoms with van der Waals surface area (Å²) in [5.41, 5.74) is 1.01. The molecule has 0 saturated carbocycles. The minimum absolute atomic E-state index is 0.113. The van der Waals surface area contributed by atoms with Crippen LogP contribution in [0.25, 0.3) is 0 Å². The van der Waals surface area contributed by atoms with Crippen molar-refractivity contribution in [2.24, 2.45) is 0 Å². The van der Waals surface area contributed by atoms with E-state index in [4.69, 9.17) is 9.72 Å². The van der Waals surface area contributed by atoms with Crippen LogP contribution in [0, 0.1) is 0 Å². The summed E-state index contributed by atoms with van der Waals surface area (Å²) in [6, 6.07) is 4.02. The van der Waals surface area contributed by atoms with Crippen LogP contribution in [0.1, 0.15) is 6.42 Å². The van der Waals surface area contributed by atoms with E-state index in [1.54, 1.807) is 23.5 Å². The van der Waals surface area contributed by atoms with Crippen LogP contribution in [0.2, 0.25) is 0 Å². The molecule has 0 aromatic carbocycles. The standard InChI is InChI=1S/C18H21N7O2/c26-18(21-15-11-19-4-5-20-15)25-13-3-6-24(12-13)14-1-2-16(22-17(14)25)23-7-9-27-10-8-23/h1-2,4-5,11,13H,3,6-10,12H2,(H,20,21,26)/t13-/m0/s1. The number of amides is 2. The number of nitrogens with zero attached hydrogens (tertiary/aromatic N) is 6. The molecule has 3 aliphatic rings. The molecule has 140 valence electrons. The smallest absolute Gasteiger partial charge is 0.329 e. The summed E-state index contributed by atoms with van der Waals surface area (Å²) in [6.45, 7) is 4.79. The number of fused-ring (bicyclic) bond motifs is 4. The maximum Gasteiger partial charge on any atom is 0.329 e. The monoisotopic (exact) mass is 367 g/mol. The van der Waals surface area contributed by atoms with E-state index in [1.807, 2.05) is 6.07 Å². The number of carbonyl (C=O) groups is 1. The van der Waals surface area contributed by atoms with E-state index in [1.165, 1.54) is 0 Å². The molecule has 2 bridgehead atoms. The lowest BCUT2D eigenvalue weighted by atomic mass is 10.2. The van der Waals surface area contributed by atoms with E-state index in [0.29, 0.717) is 24.8 Å². The van der Waals surface area contributed by atoms with Crippen molar-refractivity contribution in [3.63, 3.8) is 0 Å². The SMILES string of the molecule is O=C(Nc1cnccn1)N1c2nc(N3CCOCC3)ccc2N2CC[C@H]1C2. The van der Waals surface area contributed by atoms with Crippen LogP contribution < -0.4 is 20.0 Å². The fraction of sp³-hybridized carbons (Fsp3) is 0.444. The number of rotatable bonds is 2. The van der Waals surface area contributed by atoms with Gasteiger partial charge in [0.05, 0.1) is 31.1 Å². The van der Waals surface area contributed by atoms with Crippen molar-refractivity contribution in [3.8, 4) is 0 Å². The molecule has 1 atom stereocenters. The van der Waals surface area contributed by atoms with E-state index in [0.717, 1.165) is 44.1 Å². The normalized spacial score (nSPS) is 21.2. The Morgan fingerprint density at radius 1 is 1.15 bits per heavy atom. The van der Waals surface area contributed by atoms with Gasteiger partial charge < -0.3 is 14.5 Å². The van der Waals surface area contributed by atoms with Crippen LogP contribution >= 0.6 is 0 Å². The number of nitrogens with one attached hydrogen (secondary N) is 1. The van der Waals surface area contributed by atoms with Crippen molar-refractivity contribution in [2.75, 3.05) is 59.4 Å². The molecule has 2 aromatic rings. The Hall–Kier alpha value is -2.94. The van der Waals surface area contributed by atoms with Gasteiger partial charge in [-0.05, 0) is 18.6 Å². The molecule has 0 spiro atoms. The Balaban J connectivity index is 1.48. The van der Waals surface area contributed by atoms with Crippen molar-refractivity contribution in [3.05, 3.63) is 30.7 Å². The third-order valence-corrected chi connectivity index (χ3v) is 5.29. The first-order valence-corrected chi connectivity index (χ1v) is 9.24. The number of anilines is 4. The van der Waals surface area contributed by atoms with E-state index in [-0.39, 0.29) is 12.1 Å². The third kappa shape index (κ3) is 2.93. The van der Waals surface area contributed by atoms with Gasteiger partial charge in [-0.1, -0.05) is 0 Å². The summed E-state index contributed by atoms with van der Waals surface area (Å²) >= 11 is 0. The predicted molar refractivity (Wildman–Crippen MR) is 101 cm³/mol. The molecule has 5 heterocycles. The molecular weight excluding hydrogens is 346 g/mol. The minimum Gasteiger partial charge on any atom is -0.378 e. The summed E-state index contributed by atoms with van der Waals surface area (Å²) in [4.78, 5) is 32.4. The topological polar surface area (TPSA) is 86.7 Å². The molecule has 9 nitrogen and oxygen atoms in total. The fourth-order valence-electron chi connectivity index (χ4n) is 3.96. The minimum atomic E-state index is -0.213. The van der Waals surface area contributed by atoms with Gasteiger partial charge in [0.2, 0.25) is 0 Å². The van der Waals surface area contributed by atoms with Gasteiger partial charge in [0.25, 0.3) is 0 Å². The second-order valence-corrected chi connectivity index (χ2v) is 6.89. The lowest BCUT2D eigenvalue weighted by Crippen LogP contribution is -2.48. The maximum atomic E-state index is 13.1. The Morgan fingerprint density at radius 2 is 2.04 bits per heavy atom. The molecular formula is C18H21N7O2. The summed E-state index contributed by atoms with van der Waals surface area (Å²) < 4.78 is 5.44. The quantitative estimate of drug-likeness (QED) is 0.857. The number of urea groups is 1. The van der Waals surface area contributed by atoms with Crippen LogP contribution in [0.4, 0.5) is 27.9 Å². The lowest BCUT2D eigenvalue weighted by molar-refractivity contribution is 0.122. The van der Waals surface area contributed by atoms with Crippen molar-refractivity contribution in [2.45, 2.75) is 12.5 Å². The number of hydrogen-bond donors (Lipinski definition) is 1. The zero-order chi connectivity index (χ0) is 18.2. The summed E-state index contributed by atoms with van der Waals surface area (Å²) in [5, 5.41) is 2.86. The molecule has 1 N–H and O–H groups in total. The second kappa shape index (κ2) is 6.66. The van der Waals surface area contributed by atoms with E-state index >= 15 is 0 Å². The van der Waals surface area contributed by atoms with Crippen LogP contribution in [0.5, 0.6) is 0 Å². The highest BCUT2D eigenvalue weighted by atomic mass is 16.5. The van der Waals surface area contributed by atoms with Gasteiger partial charge in [0.15, 0.2) is 11.6 Å². The first-order chi connectivity index (χ1) is 13.3. The molecule has 2 saturated heterocycles. The van der Waals surface area contributed by atoms with Gasteiger partial charge in [0.1, 0.15) is 5.82 Å². The highest BCUT2D eigenvalue weighted by Crippen LogP contribution is 2.40. The van der Waals surface area contributed by atoms with Gasteiger partial charge in [-0.3, -0.25) is 15.2 Å². The third-order valence-electron chi connectivity index (χ3n) is 5.29. The number of ether oxygens (including phenoxy) is 1. The van der Waals surface area contributed by atoms with Crippen molar-refractivity contribution in [1.82, 2.24) is 15.0 Å². The Bertz CT molecular complexity index is 841. The fourth-order valence-corrected chi connectivity index (χ4v) is 3.96. The van der Waals surface area contributed by atoms with Crippen LogP contribution in [-0.2, 0) is 4.74 Å². The van der Waals surface area contributed by atoms with Gasteiger partial charge in [-0.25, -0.2) is 14.8 Å². The van der Waals surface area contributed by atoms with Crippen LogP contribution in [-0.4, -0.2) is 66.4 Å². The van der Waals surface area contributed by atoms with Gasteiger partial charge in [-0.2, -0.15) is 0 Å². The Labute approximate surface area is 157 Å². The highest BCUT2D eigenvalue weighted by Gasteiger charge is 2.40. The lowest BCUT2D eigenvalue weighted by Gasteiger charge is -2.37. The average Bonchev–Trinajstić information content (AvgIpc) is 3.13. The molecule has 9 heteroatoms. The largest absolute Gasteiger partial charge is 0.378 e. The summed E-state index contributed by atoms with van der Waals surface area (Å²) in [7, 11) is 0. The number of hydrogen-bond acceptors (Lipinski definition) is 7. The second-order valence-electron chi connectivity index (χ2n) is 6.89. The van der Waals surface area contributed by atoms with Gasteiger partial charge >= 0.3 is 6.03 Å². The van der Waals surface area contributed by atoms with E-state index < -0.39 is 0 Å². The molecule has 2 amide bonds. The van der Waals surface area contributed by atoms with Crippen molar-refractivity contribution in [1.29, 1.82) is 0 Å². The van der Waals surface area contributed by atoms with Gasteiger partial charge in [0, 0.05) is 38.6 Å². The number of aromatic nitrogens is 3. The van der Waals surface area contributed by atoms with Crippen LogP contribution in [0.15, 0.2) is 30.7 Å². The molecule has 27 heavy (non-hydrogen) atoms. The molecule has 0 unspecified atom stereocenters. The highest BCUT2D eigenvalue weighted by molar-refractivity contribution is 6.04. The number of morpholine rings is 1. The Kier molecular flexibility index (Phi) is 4.01. The van der Waals surface area contributed by atoms with Gasteiger partial charge in [-0.15, -0.1) is 0 Å². The predicted octanol–water partition coefficient (Wildman–Crippen LogP) is 1.34. The van der Waals surface area contributed by atoms with Crippen molar-refractivity contribution >= 4 is 29.2 Å². The molecule has 2 aromatic heterocycles. The molecule has 3 aliphatic heterocycles. The zero-order valence-corrected chi connectivity index (χ0v) is 14.9. The first kappa shape index (κ1) is 16.2. The molecule has 0 aliphatic carbocycles.